The summed E-state index contributed by atoms with van der Waals surface area (Å²) >= 11 is 5.23. The van der Waals surface area contributed by atoms with Gasteiger partial charge in [-0.2, -0.15) is 0 Å². The third kappa shape index (κ3) is 6.30. The lowest BCUT2D eigenvalue weighted by Crippen LogP contribution is -2.36. The molecule has 0 aliphatic carbocycles. The van der Waals surface area contributed by atoms with E-state index in [1.807, 2.05) is 41.3 Å². The molecule has 4 nitrogen and oxygen atoms in total. The Labute approximate surface area is 204 Å². The van der Waals surface area contributed by atoms with E-state index in [2.05, 4.69) is 46.8 Å². The predicted molar refractivity (Wildman–Crippen MR) is 138 cm³/mol. The van der Waals surface area contributed by atoms with E-state index in [9.17, 15) is 4.79 Å². The second-order valence-electron chi connectivity index (χ2n) is 9.15. The van der Waals surface area contributed by atoms with Gasteiger partial charge in [0.05, 0.1) is 6.10 Å². The standard InChI is InChI=1S/C26H33BrN2O2S/c1-19(2)31-23-8-9-25(27)21(17-23)16-20-10-13-28(14-11-20)15-12-24-18-29(26(30)32-24)22-6-4-3-5-7-22/h3-9,17,19-20,24H,10-16,18H2,1-2H3. The normalized spacial score (nSPS) is 20.3. The van der Waals surface area contributed by atoms with E-state index >= 15 is 0 Å². The zero-order chi connectivity index (χ0) is 22.5. The number of benzene rings is 2. The van der Waals surface area contributed by atoms with E-state index in [1.54, 1.807) is 0 Å². The summed E-state index contributed by atoms with van der Waals surface area (Å²) in [6, 6.07) is 16.4. The Hall–Kier alpha value is -1.50. The van der Waals surface area contributed by atoms with Gasteiger partial charge in [0, 0.05) is 22.0 Å². The Bertz CT molecular complexity index is 900. The topological polar surface area (TPSA) is 32.8 Å². The Morgan fingerprint density at radius 1 is 1.12 bits per heavy atom. The molecule has 4 rings (SSSR count). The number of rotatable bonds is 8. The zero-order valence-electron chi connectivity index (χ0n) is 19.0. The number of para-hydroxylation sites is 1. The molecule has 1 amide bonds. The number of anilines is 1. The zero-order valence-corrected chi connectivity index (χ0v) is 21.4. The molecular weight excluding hydrogens is 484 g/mol. The molecule has 172 valence electrons. The number of ether oxygens (including phenoxy) is 1. The van der Waals surface area contributed by atoms with Crippen LogP contribution in [0, 0.1) is 5.92 Å². The molecular formula is C26H33BrN2O2S. The molecule has 0 aromatic heterocycles. The molecule has 1 atom stereocenters. The van der Waals surface area contributed by atoms with Crippen LogP contribution in [0.2, 0.25) is 0 Å². The highest BCUT2D eigenvalue weighted by atomic mass is 79.9. The summed E-state index contributed by atoms with van der Waals surface area (Å²) in [5.41, 5.74) is 2.37. The van der Waals surface area contributed by atoms with E-state index in [4.69, 9.17) is 4.74 Å². The second-order valence-corrected chi connectivity index (χ2v) is 11.3. The van der Waals surface area contributed by atoms with Gasteiger partial charge in [0.15, 0.2) is 0 Å². The lowest BCUT2D eigenvalue weighted by Gasteiger charge is -2.32. The third-order valence-electron chi connectivity index (χ3n) is 6.31. The van der Waals surface area contributed by atoms with Crippen LogP contribution < -0.4 is 9.64 Å². The molecule has 32 heavy (non-hydrogen) atoms. The number of carbonyl (C=O) groups is 1. The third-order valence-corrected chi connectivity index (χ3v) is 8.23. The monoisotopic (exact) mass is 516 g/mol. The van der Waals surface area contributed by atoms with Crippen LogP contribution in [-0.2, 0) is 6.42 Å². The maximum absolute atomic E-state index is 12.4. The molecule has 2 aromatic rings. The van der Waals surface area contributed by atoms with Crippen molar-refractivity contribution in [3.8, 4) is 5.75 Å². The summed E-state index contributed by atoms with van der Waals surface area (Å²) in [6.07, 6.45) is 4.83. The molecule has 2 saturated heterocycles. The number of nitrogens with zero attached hydrogens (tertiary/aromatic N) is 2. The van der Waals surface area contributed by atoms with Gasteiger partial charge in [-0.15, -0.1) is 0 Å². The quantitative estimate of drug-likeness (QED) is 0.394. The molecule has 2 aliphatic rings. The first-order valence-corrected chi connectivity index (χ1v) is 13.4. The fourth-order valence-corrected chi connectivity index (χ4v) is 6.04. The summed E-state index contributed by atoms with van der Waals surface area (Å²) in [5, 5.41) is 0.578. The summed E-state index contributed by atoms with van der Waals surface area (Å²) < 4.78 is 7.06. The Balaban J connectivity index is 1.22. The molecule has 2 aliphatic heterocycles. The SMILES string of the molecule is CC(C)Oc1ccc(Br)c(CC2CCN(CCC3CN(c4ccccc4)C(=O)S3)CC2)c1. The highest BCUT2D eigenvalue weighted by molar-refractivity contribution is 9.10. The molecule has 6 heteroatoms. The Kier molecular flexibility index (Phi) is 8.19. The lowest BCUT2D eigenvalue weighted by atomic mass is 9.90. The molecule has 0 radical (unpaired) electrons. The summed E-state index contributed by atoms with van der Waals surface area (Å²) in [6.45, 7) is 8.35. The van der Waals surface area contributed by atoms with E-state index < -0.39 is 0 Å². The number of piperidine rings is 1. The van der Waals surface area contributed by atoms with Crippen molar-refractivity contribution < 1.29 is 9.53 Å². The first kappa shape index (κ1) is 23.7. The van der Waals surface area contributed by atoms with Crippen LogP contribution in [0.1, 0.15) is 38.7 Å². The molecule has 2 aromatic carbocycles. The molecule has 2 heterocycles. The largest absolute Gasteiger partial charge is 0.491 e. The van der Waals surface area contributed by atoms with E-state index in [1.165, 1.54) is 34.6 Å². The van der Waals surface area contributed by atoms with Crippen LogP contribution in [0.25, 0.3) is 0 Å². The fraction of sp³-hybridized carbons (Fsp3) is 0.500. The average Bonchev–Trinajstić information content (AvgIpc) is 3.16. The molecule has 0 N–H and O–H groups in total. The van der Waals surface area contributed by atoms with Crippen LogP contribution in [-0.4, -0.2) is 47.7 Å². The van der Waals surface area contributed by atoms with Crippen molar-refractivity contribution in [3.05, 3.63) is 58.6 Å². The number of carbonyl (C=O) groups excluding carboxylic acids is 1. The van der Waals surface area contributed by atoms with Gasteiger partial charge >= 0.3 is 0 Å². The van der Waals surface area contributed by atoms with Crippen LogP contribution >= 0.6 is 27.7 Å². The molecule has 0 saturated carbocycles. The highest BCUT2D eigenvalue weighted by Crippen LogP contribution is 2.33. The minimum Gasteiger partial charge on any atom is -0.491 e. The van der Waals surface area contributed by atoms with E-state index in [0.29, 0.717) is 11.2 Å². The second kappa shape index (κ2) is 11.1. The minimum atomic E-state index is 0.189. The first-order valence-electron chi connectivity index (χ1n) is 11.7. The van der Waals surface area contributed by atoms with Crippen LogP contribution in [0.4, 0.5) is 10.5 Å². The maximum Gasteiger partial charge on any atom is 0.286 e. The summed E-state index contributed by atoms with van der Waals surface area (Å²) in [7, 11) is 0. The Morgan fingerprint density at radius 3 is 2.59 bits per heavy atom. The van der Waals surface area contributed by atoms with Gasteiger partial charge in [-0.05, 0) is 101 Å². The first-order chi connectivity index (χ1) is 15.5. The Morgan fingerprint density at radius 2 is 1.88 bits per heavy atom. The van der Waals surface area contributed by atoms with Crippen LogP contribution in [0.15, 0.2) is 53.0 Å². The van der Waals surface area contributed by atoms with Crippen molar-refractivity contribution in [1.82, 2.24) is 4.90 Å². The average molecular weight is 518 g/mol. The number of hydrogen-bond donors (Lipinski definition) is 0. The molecule has 2 fully saturated rings. The number of likely N-dealkylation sites (tertiary alicyclic amines) is 1. The fourth-order valence-electron chi connectivity index (χ4n) is 4.60. The summed E-state index contributed by atoms with van der Waals surface area (Å²) in [4.78, 5) is 16.9. The lowest BCUT2D eigenvalue weighted by molar-refractivity contribution is 0.182. The van der Waals surface area contributed by atoms with E-state index in [-0.39, 0.29) is 11.3 Å². The van der Waals surface area contributed by atoms with Crippen molar-refractivity contribution in [2.24, 2.45) is 5.92 Å². The van der Waals surface area contributed by atoms with Crippen molar-refractivity contribution in [2.75, 3.05) is 31.1 Å². The van der Waals surface area contributed by atoms with Crippen molar-refractivity contribution in [1.29, 1.82) is 0 Å². The number of thioether (sulfide) groups is 1. The van der Waals surface area contributed by atoms with Gasteiger partial charge in [0.1, 0.15) is 5.75 Å². The van der Waals surface area contributed by atoms with Gasteiger partial charge in [-0.1, -0.05) is 45.9 Å². The van der Waals surface area contributed by atoms with Gasteiger partial charge in [-0.3, -0.25) is 4.79 Å². The predicted octanol–water partition coefficient (Wildman–Crippen LogP) is 6.62. The molecule has 0 bridgehead atoms. The van der Waals surface area contributed by atoms with E-state index in [0.717, 1.165) is 50.5 Å². The molecule has 0 spiro atoms. The summed E-state index contributed by atoms with van der Waals surface area (Å²) in [5.74, 6) is 1.68. The van der Waals surface area contributed by atoms with Gasteiger partial charge in [0.2, 0.25) is 0 Å². The minimum absolute atomic E-state index is 0.189. The molecule has 1 unspecified atom stereocenters. The van der Waals surface area contributed by atoms with Crippen LogP contribution in [0.5, 0.6) is 5.75 Å². The van der Waals surface area contributed by atoms with Crippen molar-refractivity contribution in [3.63, 3.8) is 0 Å². The van der Waals surface area contributed by atoms with Crippen LogP contribution in [0.3, 0.4) is 0 Å². The highest BCUT2D eigenvalue weighted by Gasteiger charge is 2.32. The van der Waals surface area contributed by atoms with Crippen molar-refractivity contribution >= 4 is 38.6 Å². The van der Waals surface area contributed by atoms with Crippen molar-refractivity contribution in [2.45, 2.75) is 50.9 Å². The van der Waals surface area contributed by atoms with Gasteiger partial charge in [-0.25, -0.2) is 0 Å². The van der Waals surface area contributed by atoms with Gasteiger partial charge < -0.3 is 14.5 Å². The maximum atomic E-state index is 12.4. The number of hydrogen-bond acceptors (Lipinski definition) is 4. The van der Waals surface area contributed by atoms with Gasteiger partial charge in [0.25, 0.3) is 5.24 Å². The smallest absolute Gasteiger partial charge is 0.286 e. The number of amides is 1. The number of halogens is 1.